The van der Waals surface area contributed by atoms with E-state index < -0.39 is 33.8 Å². The van der Waals surface area contributed by atoms with Crippen LogP contribution in [0.4, 0.5) is 5.69 Å². The van der Waals surface area contributed by atoms with E-state index in [4.69, 9.17) is 4.55 Å². The number of benzene rings is 1. The molecule has 0 radical (unpaired) electrons. The molecule has 8 heteroatoms. The number of aliphatic carboxylic acids is 1. The van der Waals surface area contributed by atoms with Crippen molar-refractivity contribution >= 4 is 27.7 Å². The molecule has 1 aromatic carbocycles. The Bertz CT molecular complexity index is 699. The smallest absolute Gasteiger partial charge is 0.327 e. The third kappa shape index (κ3) is 7.53. The molecule has 0 bridgehead atoms. The molecular weight excluding hydrogens is 358 g/mol. The molecule has 7 nitrogen and oxygen atoms in total. The van der Waals surface area contributed by atoms with Crippen LogP contribution < -0.4 is 4.90 Å². The highest BCUT2D eigenvalue weighted by Crippen LogP contribution is 2.21. The van der Waals surface area contributed by atoms with E-state index in [1.807, 2.05) is 6.92 Å². The Hall–Kier alpha value is -1.93. The molecule has 1 rings (SSSR count). The van der Waals surface area contributed by atoms with Gasteiger partial charge in [0.05, 0.1) is 0 Å². The molecule has 146 valence electrons. The quantitative estimate of drug-likeness (QED) is 0.447. The zero-order valence-corrected chi connectivity index (χ0v) is 16.0. The maximum absolute atomic E-state index is 12.7. The molecule has 1 atom stereocenters. The molecule has 2 N–H and O–H groups in total. The predicted molar refractivity (Wildman–Crippen MR) is 99.9 cm³/mol. The van der Waals surface area contributed by atoms with Gasteiger partial charge in [0.25, 0.3) is 10.1 Å². The molecule has 0 saturated carbocycles. The number of nitrogens with zero attached hydrogens (tertiary/aromatic N) is 1. The van der Waals surface area contributed by atoms with E-state index in [0.717, 1.165) is 36.1 Å². The zero-order chi connectivity index (χ0) is 19.7. The highest BCUT2D eigenvalue weighted by Gasteiger charge is 2.34. The molecule has 0 heterocycles. The van der Waals surface area contributed by atoms with Gasteiger partial charge in [-0.25, -0.2) is 4.79 Å². The highest BCUT2D eigenvalue weighted by atomic mass is 32.2. The average Bonchev–Trinajstić information content (AvgIpc) is 2.54. The van der Waals surface area contributed by atoms with Crippen molar-refractivity contribution in [2.24, 2.45) is 0 Å². The molecule has 1 aromatic rings. The van der Waals surface area contributed by atoms with Crippen LogP contribution in [0.15, 0.2) is 24.3 Å². The summed E-state index contributed by atoms with van der Waals surface area (Å²) in [4.78, 5) is 25.3. The lowest BCUT2D eigenvalue weighted by Crippen LogP contribution is -2.49. The van der Waals surface area contributed by atoms with Gasteiger partial charge in [-0.15, -0.1) is 0 Å². The van der Waals surface area contributed by atoms with Gasteiger partial charge in [0.15, 0.2) is 6.04 Å². The van der Waals surface area contributed by atoms with E-state index in [-0.39, 0.29) is 6.42 Å². The minimum absolute atomic E-state index is 0.118. The number of hydrogen-bond donors (Lipinski definition) is 2. The lowest BCUT2D eigenvalue weighted by molar-refractivity contribution is -0.139. The van der Waals surface area contributed by atoms with Crippen LogP contribution >= 0.6 is 0 Å². The van der Waals surface area contributed by atoms with Gasteiger partial charge >= 0.3 is 5.97 Å². The second-order valence-corrected chi connectivity index (χ2v) is 7.86. The van der Waals surface area contributed by atoms with Crippen LogP contribution in [0.5, 0.6) is 0 Å². The number of rotatable bonds is 11. The van der Waals surface area contributed by atoms with E-state index in [0.29, 0.717) is 12.1 Å². The van der Waals surface area contributed by atoms with E-state index in [1.54, 1.807) is 24.3 Å². The van der Waals surface area contributed by atoms with E-state index in [1.165, 1.54) is 0 Å². The van der Waals surface area contributed by atoms with Gasteiger partial charge in [0.1, 0.15) is 5.75 Å². The number of unbranched alkanes of at least 4 members (excludes halogenated alkanes) is 4. The summed E-state index contributed by atoms with van der Waals surface area (Å²) in [5, 5.41) is 9.44. The van der Waals surface area contributed by atoms with Crippen LogP contribution in [0.3, 0.4) is 0 Å². The molecule has 0 aromatic heterocycles. The van der Waals surface area contributed by atoms with Crippen LogP contribution in [0.1, 0.15) is 51.0 Å². The first-order valence-electron chi connectivity index (χ1n) is 8.72. The van der Waals surface area contributed by atoms with Crippen molar-refractivity contribution in [3.8, 4) is 0 Å². The largest absolute Gasteiger partial charge is 0.480 e. The van der Waals surface area contributed by atoms with Gasteiger partial charge in [-0.1, -0.05) is 50.3 Å². The lowest BCUT2D eigenvalue weighted by atomic mass is 10.1. The molecule has 0 saturated heterocycles. The molecule has 26 heavy (non-hydrogen) atoms. The van der Waals surface area contributed by atoms with Crippen LogP contribution in [-0.2, 0) is 19.7 Å². The van der Waals surface area contributed by atoms with Gasteiger partial charge in [0, 0.05) is 12.1 Å². The van der Waals surface area contributed by atoms with Crippen molar-refractivity contribution in [2.75, 3.05) is 10.7 Å². The monoisotopic (exact) mass is 385 g/mol. The topological polar surface area (TPSA) is 112 Å². The predicted octanol–water partition coefficient (Wildman–Crippen LogP) is 3.03. The fraction of sp³-hybridized carbons (Fsp3) is 0.556. The van der Waals surface area contributed by atoms with Gasteiger partial charge < -0.3 is 5.11 Å². The first-order chi connectivity index (χ1) is 12.2. The zero-order valence-electron chi connectivity index (χ0n) is 15.2. The number of aryl methyl sites for hydroxylation is 1. The normalized spacial score (nSPS) is 12.6. The minimum atomic E-state index is -4.57. The fourth-order valence-corrected chi connectivity index (χ4v) is 3.35. The summed E-state index contributed by atoms with van der Waals surface area (Å²) < 4.78 is 31.6. The summed E-state index contributed by atoms with van der Waals surface area (Å²) in [5.74, 6) is -3.01. The standard InChI is InChI=1S/C18H27NO6S/c1-3-4-5-6-7-8-17(20)19(15-11-9-14(2)10-12-15)16(18(21)22)13-26(23,24)25/h9-12,16H,3-8,13H2,1-2H3,(H,21,22)(H,23,24,25)/t16-/m0/s1. The SMILES string of the molecule is CCCCCCCC(=O)N(c1ccc(C)cc1)[C@@H](CS(=O)(=O)O)C(=O)O. The Kier molecular flexibility index (Phi) is 8.74. The van der Waals surface area contributed by atoms with E-state index in [2.05, 4.69) is 6.92 Å². The Morgan fingerprint density at radius 2 is 1.65 bits per heavy atom. The fourth-order valence-electron chi connectivity index (χ4n) is 2.66. The second-order valence-electron chi connectivity index (χ2n) is 6.37. The third-order valence-electron chi connectivity index (χ3n) is 4.04. The Balaban J connectivity index is 3.05. The molecule has 0 unspecified atom stereocenters. The summed E-state index contributed by atoms with van der Waals surface area (Å²) in [5.41, 5.74) is 1.22. The number of carboxylic acids is 1. The number of anilines is 1. The van der Waals surface area contributed by atoms with Gasteiger partial charge in [-0.05, 0) is 25.5 Å². The first-order valence-corrected chi connectivity index (χ1v) is 10.3. The maximum atomic E-state index is 12.7. The van der Waals surface area contributed by atoms with Crippen LogP contribution in [0, 0.1) is 6.92 Å². The van der Waals surface area contributed by atoms with Crippen molar-refractivity contribution in [1.82, 2.24) is 0 Å². The summed E-state index contributed by atoms with van der Waals surface area (Å²) in [6, 6.07) is 4.89. The third-order valence-corrected chi connectivity index (χ3v) is 4.78. The van der Waals surface area contributed by atoms with Gasteiger partial charge in [-0.2, -0.15) is 8.42 Å². The molecule has 0 spiro atoms. The van der Waals surface area contributed by atoms with Gasteiger partial charge in [0.2, 0.25) is 5.91 Å². The van der Waals surface area contributed by atoms with Crippen molar-refractivity contribution < 1.29 is 27.7 Å². The molecule has 0 fully saturated rings. The molecule has 0 aliphatic carbocycles. The summed E-state index contributed by atoms with van der Waals surface area (Å²) in [7, 11) is -4.57. The first kappa shape index (κ1) is 22.1. The van der Waals surface area contributed by atoms with E-state index in [9.17, 15) is 23.1 Å². The molecule has 0 aliphatic rings. The van der Waals surface area contributed by atoms with Crippen LogP contribution in [0.25, 0.3) is 0 Å². The number of carbonyl (C=O) groups excluding carboxylic acids is 1. The van der Waals surface area contributed by atoms with Crippen molar-refractivity contribution in [3.05, 3.63) is 29.8 Å². The summed E-state index contributed by atoms with van der Waals surface area (Å²) in [6.45, 7) is 3.92. The number of carbonyl (C=O) groups is 2. The highest BCUT2D eigenvalue weighted by molar-refractivity contribution is 7.85. The minimum Gasteiger partial charge on any atom is -0.480 e. The number of hydrogen-bond acceptors (Lipinski definition) is 4. The maximum Gasteiger partial charge on any atom is 0.327 e. The number of amides is 1. The summed E-state index contributed by atoms with van der Waals surface area (Å²) in [6.07, 6.45) is 4.68. The molecular formula is C18H27NO6S. The van der Waals surface area contributed by atoms with Crippen molar-refractivity contribution in [1.29, 1.82) is 0 Å². The summed E-state index contributed by atoms with van der Waals surface area (Å²) >= 11 is 0. The van der Waals surface area contributed by atoms with Crippen LogP contribution in [-0.4, -0.2) is 41.7 Å². The lowest BCUT2D eigenvalue weighted by Gasteiger charge is -2.28. The van der Waals surface area contributed by atoms with Crippen molar-refractivity contribution in [2.45, 2.75) is 58.4 Å². The Morgan fingerprint density at radius 3 is 2.15 bits per heavy atom. The van der Waals surface area contributed by atoms with Crippen molar-refractivity contribution in [3.63, 3.8) is 0 Å². The van der Waals surface area contributed by atoms with Crippen LogP contribution in [0.2, 0.25) is 0 Å². The van der Waals surface area contributed by atoms with Gasteiger partial charge in [-0.3, -0.25) is 14.2 Å². The second kappa shape index (κ2) is 10.3. The number of carboxylic acid groups (broad SMARTS) is 1. The molecule has 0 aliphatic heterocycles. The Morgan fingerprint density at radius 1 is 1.08 bits per heavy atom. The van der Waals surface area contributed by atoms with E-state index >= 15 is 0 Å². The average molecular weight is 385 g/mol. The Labute approximate surface area is 154 Å². The molecule has 1 amide bonds.